The molecule has 0 fully saturated rings. The van der Waals surface area contributed by atoms with Crippen molar-refractivity contribution < 1.29 is 13.2 Å². The highest BCUT2D eigenvalue weighted by molar-refractivity contribution is 7.88. The van der Waals surface area contributed by atoms with E-state index in [4.69, 9.17) is 0 Å². The van der Waals surface area contributed by atoms with Crippen molar-refractivity contribution in [3.63, 3.8) is 0 Å². The molecule has 6 heteroatoms. The van der Waals surface area contributed by atoms with Crippen LogP contribution in [0.25, 0.3) is 0 Å². The molecule has 0 aliphatic carbocycles. The van der Waals surface area contributed by atoms with E-state index in [2.05, 4.69) is 5.32 Å². The first kappa shape index (κ1) is 21.4. The number of carbonyl (C=O) groups is 1. The summed E-state index contributed by atoms with van der Waals surface area (Å²) in [6.07, 6.45) is 4.06. The molecule has 0 aromatic carbocycles. The summed E-state index contributed by atoms with van der Waals surface area (Å²) in [6.45, 7) is 11.8. The van der Waals surface area contributed by atoms with E-state index < -0.39 is 15.6 Å². The van der Waals surface area contributed by atoms with Gasteiger partial charge in [0.15, 0.2) is 0 Å². The maximum atomic E-state index is 12.5. The van der Waals surface area contributed by atoms with E-state index in [1.54, 1.807) is 7.05 Å². The Hall–Kier alpha value is -0.620. The molecule has 0 spiro atoms. The monoisotopic (exact) mass is 334 g/mol. The minimum absolute atomic E-state index is 0.0101. The van der Waals surface area contributed by atoms with E-state index in [0.29, 0.717) is 12.8 Å². The SMILES string of the molecule is CCCC(CC(C)(CC)N(C)S(C)(=O)=O)C(=O)NC(C)(C)C. The summed E-state index contributed by atoms with van der Waals surface area (Å²) in [5.74, 6) is -0.172. The van der Waals surface area contributed by atoms with Crippen LogP contribution in [0.2, 0.25) is 0 Å². The van der Waals surface area contributed by atoms with Crippen LogP contribution in [0.15, 0.2) is 0 Å². The zero-order chi connectivity index (χ0) is 17.8. The molecule has 0 heterocycles. The average Bonchev–Trinajstić information content (AvgIpc) is 2.34. The highest BCUT2D eigenvalue weighted by Gasteiger charge is 2.37. The molecular formula is C16H34N2O3S. The molecule has 1 amide bonds. The van der Waals surface area contributed by atoms with Crippen molar-refractivity contribution in [1.29, 1.82) is 0 Å². The quantitative estimate of drug-likeness (QED) is 0.742. The molecular weight excluding hydrogens is 300 g/mol. The minimum atomic E-state index is -3.29. The molecule has 0 saturated carbocycles. The van der Waals surface area contributed by atoms with Crippen LogP contribution >= 0.6 is 0 Å². The summed E-state index contributed by atoms with van der Waals surface area (Å²) < 4.78 is 25.2. The van der Waals surface area contributed by atoms with Crippen molar-refractivity contribution in [1.82, 2.24) is 9.62 Å². The second-order valence-electron chi connectivity index (χ2n) is 7.51. The first-order valence-electron chi connectivity index (χ1n) is 8.03. The molecule has 22 heavy (non-hydrogen) atoms. The van der Waals surface area contributed by atoms with Gasteiger partial charge in [-0.2, -0.15) is 4.31 Å². The average molecular weight is 335 g/mol. The van der Waals surface area contributed by atoms with E-state index in [1.807, 2.05) is 41.5 Å². The number of hydrogen-bond donors (Lipinski definition) is 1. The van der Waals surface area contributed by atoms with E-state index in [9.17, 15) is 13.2 Å². The third-order valence-electron chi connectivity index (χ3n) is 4.21. The summed E-state index contributed by atoms with van der Waals surface area (Å²) in [6, 6.07) is 0. The standard InChI is InChI=1S/C16H34N2O3S/c1-9-11-13(14(19)17-15(3,4)5)12-16(6,10-2)18(7)22(8,20)21/h13H,9-12H2,1-8H3,(H,17,19). The molecule has 0 saturated heterocycles. The van der Waals surface area contributed by atoms with E-state index in [-0.39, 0.29) is 17.4 Å². The molecule has 5 nitrogen and oxygen atoms in total. The predicted molar refractivity (Wildman–Crippen MR) is 92.2 cm³/mol. The minimum Gasteiger partial charge on any atom is -0.351 e. The van der Waals surface area contributed by atoms with Crippen molar-refractivity contribution in [2.24, 2.45) is 5.92 Å². The number of nitrogens with zero attached hydrogens (tertiary/aromatic N) is 1. The zero-order valence-electron chi connectivity index (χ0n) is 15.5. The van der Waals surface area contributed by atoms with Gasteiger partial charge in [-0.05, 0) is 47.0 Å². The topological polar surface area (TPSA) is 66.5 Å². The summed E-state index contributed by atoms with van der Waals surface area (Å²) in [7, 11) is -1.69. The summed E-state index contributed by atoms with van der Waals surface area (Å²) >= 11 is 0. The van der Waals surface area contributed by atoms with E-state index in [1.165, 1.54) is 10.6 Å². The van der Waals surface area contributed by atoms with Gasteiger partial charge in [0, 0.05) is 24.0 Å². The van der Waals surface area contributed by atoms with Crippen molar-refractivity contribution in [3.8, 4) is 0 Å². The Morgan fingerprint density at radius 2 is 1.68 bits per heavy atom. The highest BCUT2D eigenvalue weighted by Crippen LogP contribution is 2.30. The van der Waals surface area contributed by atoms with Crippen LogP contribution in [0.4, 0.5) is 0 Å². The number of hydrogen-bond acceptors (Lipinski definition) is 3. The first-order chi connectivity index (χ1) is 9.77. The molecule has 2 atom stereocenters. The third kappa shape index (κ3) is 6.65. The largest absolute Gasteiger partial charge is 0.351 e. The molecule has 132 valence electrons. The fourth-order valence-corrected chi connectivity index (χ4v) is 3.58. The van der Waals surface area contributed by atoms with Gasteiger partial charge in [0.1, 0.15) is 0 Å². The normalized spacial score (nSPS) is 17.1. The highest BCUT2D eigenvalue weighted by atomic mass is 32.2. The Morgan fingerprint density at radius 3 is 2.00 bits per heavy atom. The molecule has 0 rings (SSSR count). The second kappa shape index (κ2) is 7.77. The zero-order valence-corrected chi connectivity index (χ0v) is 16.3. The maximum absolute atomic E-state index is 12.5. The number of carbonyl (C=O) groups excluding carboxylic acids is 1. The number of sulfonamides is 1. The molecule has 1 N–H and O–H groups in total. The van der Waals surface area contributed by atoms with Gasteiger partial charge < -0.3 is 5.32 Å². The van der Waals surface area contributed by atoms with Crippen LogP contribution in [0.1, 0.15) is 67.2 Å². The lowest BCUT2D eigenvalue weighted by molar-refractivity contribution is -0.127. The maximum Gasteiger partial charge on any atom is 0.223 e. The van der Waals surface area contributed by atoms with Gasteiger partial charge in [-0.25, -0.2) is 8.42 Å². The van der Waals surface area contributed by atoms with Gasteiger partial charge in [-0.15, -0.1) is 0 Å². The van der Waals surface area contributed by atoms with E-state index in [0.717, 1.165) is 12.8 Å². The fraction of sp³-hybridized carbons (Fsp3) is 0.938. The molecule has 0 aromatic heterocycles. The third-order valence-corrected chi connectivity index (χ3v) is 5.65. The van der Waals surface area contributed by atoms with Crippen molar-refractivity contribution in [2.75, 3.05) is 13.3 Å². The van der Waals surface area contributed by atoms with Crippen LogP contribution in [0.5, 0.6) is 0 Å². The smallest absolute Gasteiger partial charge is 0.223 e. The van der Waals surface area contributed by atoms with Crippen molar-refractivity contribution >= 4 is 15.9 Å². The van der Waals surface area contributed by atoms with Gasteiger partial charge in [-0.1, -0.05) is 20.3 Å². The molecule has 0 radical (unpaired) electrons. The lowest BCUT2D eigenvalue weighted by Crippen LogP contribution is -2.51. The lowest BCUT2D eigenvalue weighted by Gasteiger charge is -2.39. The Kier molecular flexibility index (Phi) is 7.55. The number of amides is 1. The molecule has 2 unspecified atom stereocenters. The molecule has 0 aliphatic rings. The Morgan fingerprint density at radius 1 is 1.18 bits per heavy atom. The lowest BCUT2D eigenvalue weighted by atomic mass is 9.83. The van der Waals surface area contributed by atoms with Crippen LogP contribution in [0, 0.1) is 5.92 Å². The summed E-state index contributed by atoms with van der Waals surface area (Å²) in [4.78, 5) is 12.5. The molecule has 0 bridgehead atoms. The van der Waals surface area contributed by atoms with Crippen molar-refractivity contribution in [2.45, 2.75) is 78.3 Å². The Labute approximate surface area is 136 Å². The van der Waals surface area contributed by atoms with Crippen LogP contribution < -0.4 is 5.32 Å². The number of nitrogens with one attached hydrogen (secondary N) is 1. The fourth-order valence-electron chi connectivity index (χ4n) is 2.57. The van der Waals surface area contributed by atoms with Gasteiger partial charge in [0.2, 0.25) is 15.9 Å². The predicted octanol–water partition coefficient (Wildman–Crippen LogP) is 2.77. The van der Waals surface area contributed by atoms with Gasteiger partial charge in [0.25, 0.3) is 0 Å². The van der Waals surface area contributed by atoms with Crippen LogP contribution in [-0.2, 0) is 14.8 Å². The second-order valence-corrected chi connectivity index (χ2v) is 9.52. The van der Waals surface area contributed by atoms with Gasteiger partial charge >= 0.3 is 0 Å². The summed E-state index contributed by atoms with van der Waals surface area (Å²) in [5.41, 5.74) is -0.836. The van der Waals surface area contributed by atoms with Crippen LogP contribution in [0.3, 0.4) is 0 Å². The molecule has 0 aliphatic heterocycles. The van der Waals surface area contributed by atoms with Crippen LogP contribution in [-0.4, -0.2) is 43.0 Å². The Balaban J connectivity index is 5.32. The number of rotatable bonds is 8. The molecule has 0 aromatic rings. The van der Waals surface area contributed by atoms with Gasteiger partial charge in [-0.3, -0.25) is 4.79 Å². The summed E-state index contributed by atoms with van der Waals surface area (Å²) in [5, 5.41) is 3.02. The Bertz CT molecular complexity index is 468. The van der Waals surface area contributed by atoms with E-state index >= 15 is 0 Å². The van der Waals surface area contributed by atoms with Crippen molar-refractivity contribution in [3.05, 3.63) is 0 Å². The first-order valence-corrected chi connectivity index (χ1v) is 9.87. The van der Waals surface area contributed by atoms with Gasteiger partial charge in [0.05, 0.1) is 6.26 Å².